The Morgan fingerprint density at radius 2 is 2.25 bits per heavy atom. The molecule has 0 bridgehead atoms. The van der Waals surface area contributed by atoms with Crippen LogP contribution in [0.5, 0.6) is 0 Å². The van der Waals surface area contributed by atoms with E-state index in [1.54, 1.807) is 0 Å². The molecule has 1 unspecified atom stereocenters. The second kappa shape index (κ2) is 7.79. The van der Waals surface area contributed by atoms with Crippen LogP contribution in [-0.2, 0) is 6.42 Å². The largest absolute Gasteiger partial charge is 0.316 e. The number of nitrogens with one attached hydrogen (secondary N) is 2. The van der Waals surface area contributed by atoms with Crippen LogP contribution >= 0.6 is 15.9 Å². The molecule has 0 saturated heterocycles. The summed E-state index contributed by atoms with van der Waals surface area (Å²) in [5.41, 5.74) is 3.60. The Morgan fingerprint density at radius 3 is 2.88 bits per heavy atom. The minimum atomic E-state index is 0.141. The fraction of sp³-hybridized carbons (Fsp3) is 0.500. The summed E-state index contributed by atoms with van der Waals surface area (Å²) < 4.78 is 1.12. The molecular weight excluding hydrogens is 268 g/mol. The molecule has 0 saturated carbocycles. The SMILES string of the molecule is CCC(CNCCc1cccc(Br)c1)NO. The molecule has 0 fully saturated rings. The van der Waals surface area contributed by atoms with Crippen molar-refractivity contribution >= 4 is 15.9 Å². The molecule has 0 amide bonds. The quantitative estimate of drug-likeness (QED) is 0.533. The highest BCUT2D eigenvalue weighted by atomic mass is 79.9. The lowest BCUT2D eigenvalue weighted by Gasteiger charge is -2.13. The van der Waals surface area contributed by atoms with E-state index in [1.807, 2.05) is 19.1 Å². The van der Waals surface area contributed by atoms with E-state index >= 15 is 0 Å². The maximum absolute atomic E-state index is 8.78. The Bertz CT molecular complexity index is 303. The topological polar surface area (TPSA) is 44.3 Å². The van der Waals surface area contributed by atoms with Gasteiger partial charge in [0, 0.05) is 17.1 Å². The molecule has 0 radical (unpaired) electrons. The number of hydrogen-bond acceptors (Lipinski definition) is 3. The Kier molecular flexibility index (Phi) is 6.64. The van der Waals surface area contributed by atoms with Gasteiger partial charge in [-0.3, -0.25) is 0 Å². The highest BCUT2D eigenvalue weighted by Crippen LogP contribution is 2.11. The van der Waals surface area contributed by atoms with Crippen LogP contribution in [0.2, 0.25) is 0 Å². The molecule has 4 heteroatoms. The molecular formula is C12H19BrN2O. The summed E-state index contributed by atoms with van der Waals surface area (Å²) >= 11 is 3.45. The zero-order valence-electron chi connectivity index (χ0n) is 9.54. The van der Waals surface area contributed by atoms with Crippen LogP contribution in [0.15, 0.2) is 28.7 Å². The Balaban J connectivity index is 2.20. The summed E-state index contributed by atoms with van der Waals surface area (Å²) in [6, 6.07) is 8.46. The third kappa shape index (κ3) is 5.07. The summed E-state index contributed by atoms with van der Waals surface area (Å²) in [4.78, 5) is 0. The molecule has 1 rings (SSSR count). The van der Waals surface area contributed by atoms with E-state index in [0.29, 0.717) is 0 Å². The summed E-state index contributed by atoms with van der Waals surface area (Å²) in [6.45, 7) is 3.76. The molecule has 0 spiro atoms. The van der Waals surface area contributed by atoms with E-state index in [2.05, 4.69) is 38.9 Å². The molecule has 0 aliphatic heterocycles. The van der Waals surface area contributed by atoms with E-state index in [1.165, 1.54) is 5.56 Å². The van der Waals surface area contributed by atoms with Crippen LogP contribution in [0.25, 0.3) is 0 Å². The van der Waals surface area contributed by atoms with Crippen molar-refractivity contribution in [3.63, 3.8) is 0 Å². The van der Waals surface area contributed by atoms with Crippen LogP contribution in [0.1, 0.15) is 18.9 Å². The van der Waals surface area contributed by atoms with Crippen molar-refractivity contribution in [3.05, 3.63) is 34.3 Å². The average molecular weight is 287 g/mol. The number of hydrogen-bond donors (Lipinski definition) is 3. The first-order valence-corrected chi connectivity index (χ1v) is 6.40. The molecule has 3 N–H and O–H groups in total. The van der Waals surface area contributed by atoms with Crippen LogP contribution in [0, 0.1) is 0 Å². The third-order valence-electron chi connectivity index (χ3n) is 2.55. The lowest BCUT2D eigenvalue weighted by molar-refractivity contribution is 0.123. The predicted octanol–water partition coefficient (Wildman–Crippen LogP) is 2.34. The molecule has 0 aromatic heterocycles. The van der Waals surface area contributed by atoms with Gasteiger partial charge in [-0.25, -0.2) is 5.48 Å². The standard InChI is InChI=1S/C12H19BrN2O/c1-2-12(15-16)9-14-7-6-10-4-3-5-11(13)8-10/h3-5,8,12,14-16H,2,6-7,9H2,1H3. The van der Waals surface area contributed by atoms with Crippen LogP contribution in [0.3, 0.4) is 0 Å². The van der Waals surface area contributed by atoms with Gasteiger partial charge in [-0.1, -0.05) is 35.0 Å². The zero-order chi connectivity index (χ0) is 11.8. The smallest absolute Gasteiger partial charge is 0.0441 e. The monoisotopic (exact) mass is 286 g/mol. The van der Waals surface area contributed by atoms with Crippen molar-refractivity contribution in [2.24, 2.45) is 0 Å². The number of hydroxylamine groups is 1. The zero-order valence-corrected chi connectivity index (χ0v) is 11.1. The van der Waals surface area contributed by atoms with Gasteiger partial charge in [0.25, 0.3) is 0 Å². The first-order chi connectivity index (χ1) is 7.76. The Labute approximate surface area is 105 Å². The van der Waals surface area contributed by atoms with Crippen LogP contribution < -0.4 is 10.8 Å². The summed E-state index contributed by atoms with van der Waals surface area (Å²) in [7, 11) is 0. The molecule has 0 aliphatic rings. The molecule has 90 valence electrons. The van der Waals surface area contributed by atoms with E-state index in [0.717, 1.165) is 30.4 Å². The van der Waals surface area contributed by atoms with Gasteiger partial charge in [-0.2, -0.15) is 0 Å². The molecule has 3 nitrogen and oxygen atoms in total. The Hall–Kier alpha value is -0.420. The third-order valence-corrected chi connectivity index (χ3v) is 3.04. The highest BCUT2D eigenvalue weighted by molar-refractivity contribution is 9.10. The van der Waals surface area contributed by atoms with Gasteiger partial charge in [0.1, 0.15) is 0 Å². The van der Waals surface area contributed by atoms with Gasteiger partial charge in [0.15, 0.2) is 0 Å². The minimum Gasteiger partial charge on any atom is -0.316 e. The van der Waals surface area contributed by atoms with Gasteiger partial charge < -0.3 is 10.5 Å². The highest BCUT2D eigenvalue weighted by Gasteiger charge is 2.02. The first-order valence-electron chi connectivity index (χ1n) is 5.61. The normalized spacial score (nSPS) is 12.7. The van der Waals surface area contributed by atoms with Crippen molar-refractivity contribution in [2.45, 2.75) is 25.8 Å². The number of halogens is 1. The van der Waals surface area contributed by atoms with Gasteiger partial charge in [-0.15, -0.1) is 0 Å². The van der Waals surface area contributed by atoms with Gasteiger partial charge in [0.2, 0.25) is 0 Å². The second-order valence-corrected chi connectivity index (χ2v) is 4.73. The lowest BCUT2D eigenvalue weighted by atomic mass is 10.1. The number of rotatable bonds is 7. The van der Waals surface area contributed by atoms with Crippen molar-refractivity contribution in [1.82, 2.24) is 10.8 Å². The van der Waals surface area contributed by atoms with Gasteiger partial charge >= 0.3 is 0 Å². The number of benzene rings is 1. The molecule has 1 aromatic rings. The van der Waals surface area contributed by atoms with Crippen LogP contribution in [0.4, 0.5) is 0 Å². The molecule has 16 heavy (non-hydrogen) atoms. The Morgan fingerprint density at radius 1 is 1.44 bits per heavy atom. The van der Waals surface area contributed by atoms with Gasteiger partial charge in [-0.05, 0) is 37.1 Å². The van der Waals surface area contributed by atoms with E-state index in [-0.39, 0.29) is 6.04 Å². The summed E-state index contributed by atoms with van der Waals surface area (Å²) in [5, 5.41) is 12.1. The maximum Gasteiger partial charge on any atom is 0.0441 e. The van der Waals surface area contributed by atoms with E-state index < -0.39 is 0 Å². The summed E-state index contributed by atoms with van der Waals surface area (Å²) in [5.74, 6) is 0. The van der Waals surface area contributed by atoms with E-state index in [4.69, 9.17) is 5.21 Å². The second-order valence-electron chi connectivity index (χ2n) is 3.82. The molecule has 1 atom stereocenters. The fourth-order valence-electron chi connectivity index (χ4n) is 1.48. The summed E-state index contributed by atoms with van der Waals surface area (Å²) in [6.07, 6.45) is 1.92. The van der Waals surface area contributed by atoms with Crippen molar-refractivity contribution in [3.8, 4) is 0 Å². The van der Waals surface area contributed by atoms with Gasteiger partial charge in [0.05, 0.1) is 0 Å². The minimum absolute atomic E-state index is 0.141. The molecule has 1 aromatic carbocycles. The van der Waals surface area contributed by atoms with Crippen molar-refractivity contribution in [2.75, 3.05) is 13.1 Å². The van der Waals surface area contributed by atoms with Crippen molar-refractivity contribution in [1.29, 1.82) is 0 Å². The van der Waals surface area contributed by atoms with Crippen molar-refractivity contribution < 1.29 is 5.21 Å². The first kappa shape index (κ1) is 13.6. The van der Waals surface area contributed by atoms with Crippen LogP contribution in [-0.4, -0.2) is 24.3 Å². The maximum atomic E-state index is 8.78. The van der Waals surface area contributed by atoms with E-state index in [9.17, 15) is 0 Å². The fourth-order valence-corrected chi connectivity index (χ4v) is 1.93. The average Bonchev–Trinajstić information content (AvgIpc) is 2.29. The molecule has 0 heterocycles. The lowest BCUT2D eigenvalue weighted by Crippen LogP contribution is -2.37. The molecule has 0 aliphatic carbocycles. The predicted molar refractivity (Wildman–Crippen MR) is 69.7 cm³/mol.